The van der Waals surface area contributed by atoms with Crippen molar-refractivity contribution in [2.75, 3.05) is 6.61 Å². The number of carbonyl (C=O) groups excluding carboxylic acids is 3. The Morgan fingerprint density at radius 3 is 2.58 bits per heavy atom. The highest BCUT2D eigenvalue weighted by molar-refractivity contribution is 6.01. The average molecular weight is 459 g/mol. The van der Waals surface area contributed by atoms with Crippen molar-refractivity contribution >= 4 is 23.5 Å². The zero-order valence-electron chi connectivity index (χ0n) is 19.5. The average Bonchev–Trinajstić information content (AvgIpc) is 3.26. The molecular formula is C25H34N2O6. The number of imide groups is 1. The molecule has 0 aromatic carbocycles. The summed E-state index contributed by atoms with van der Waals surface area (Å²) in [5.74, 6) is 0.116. The fourth-order valence-corrected chi connectivity index (χ4v) is 7.57. The van der Waals surface area contributed by atoms with Crippen LogP contribution in [0.2, 0.25) is 0 Å². The predicted molar refractivity (Wildman–Crippen MR) is 118 cm³/mol. The molecule has 4 fully saturated rings. The van der Waals surface area contributed by atoms with Crippen LogP contribution in [0.5, 0.6) is 0 Å². The molecule has 1 N–H and O–H groups in total. The van der Waals surface area contributed by atoms with Gasteiger partial charge in [0, 0.05) is 12.8 Å². The van der Waals surface area contributed by atoms with Gasteiger partial charge in [-0.2, -0.15) is 0 Å². The van der Waals surface area contributed by atoms with Crippen molar-refractivity contribution in [2.24, 2.45) is 33.7 Å². The fourth-order valence-electron chi connectivity index (χ4n) is 7.57. The van der Waals surface area contributed by atoms with Crippen molar-refractivity contribution in [3.8, 4) is 0 Å². The fraction of sp³-hybridized carbons (Fsp3) is 0.760. The molecule has 33 heavy (non-hydrogen) atoms. The summed E-state index contributed by atoms with van der Waals surface area (Å²) in [5.41, 5.74) is 2.49. The van der Waals surface area contributed by atoms with Gasteiger partial charge in [0.25, 0.3) is 11.8 Å². The lowest BCUT2D eigenvalue weighted by molar-refractivity contribution is -0.200. The molecule has 0 radical (unpaired) electrons. The molecular weight excluding hydrogens is 424 g/mol. The normalized spacial score (nSPS) is 41.4. The minimum absolute atomic E-state index is 0.0596. The zero-order chi connectivity index (χ0) is 23.4. The van der Waals surface area contributed by atoms with Crippen LogP contribution in [0, 0.1) is 28.6 Å². The van der Waals surface area contributed by atoms with Crippen LogP contribution in [0.4, 0.5) is 0 Å². The van der Waals surface area contributed by atoms with E-state index in [1.54, 1.807) is 0 Å². The third kappa shape index (κ3) is 3.70. The standard InChI is InChI=1S/C25H34N2O6/c1-24-11-9-16(26-32-14-23(31)33-27-21(29)7-8-22(27)30)13-15(24)3-4-17-18-5-6-20(28)25(18,2)12-10-19(17)24/h13,17-20,28H,3-12,14H2,1-2H3/b26-16-/t17-,18+,19+,20+,24+,25+/m1/s1. The Hall–Kier alpha value is -2.22. The van der Waals surface area contributed by atoms with Gasteiger partial charge in [0.15, 0.2) is 0 Å². The smallest absolute Gasteiger partial charge is 0.373 e. The number of rotatable bonds is 4. The Morgan fingerprint density at radius 2 is 1.82 bits per heavy atom. The molecule has 0 aromatic heterocycles. The van der Waals surface area contributed by atoms with Crippen molar-refractivity contribution in [1.29, 1.82) is 0 Å². The van der Waals surface area contributed by atoms with Gasteiger partial charge >= 0.3 is 5.97 Å². The first-order valence-corrected chi connectivity index (χ1v) is 12.4. The SMILES string of the molecule is C[C@]12CC[C@H]3[C@H](CCC4=C/C(=N\OCC(=O)ON5C(=O)CCC5=O)CC[C@@]43C)[C@@H]1CC[C@@H]2O. The first kappa shape index (κ1) is 22.6. The number of aliphatic hydroxyl groups excluding tert-OH is 1. The molecule has 2 amide bonds. The van der Waals surface area contributed by atoms with Gasteiger partial charge in [-0.3, -0.25) is 9.59 Å². The number of amides is 2. The lowest BCUT2D eigenvalue weighted by Gasteiger charge is -2.57. The monoisotopic (exact) mass is 458 g/mol. The second-order valence-electron chi connectivity index (χ2n) is 11.0. The molecule has 180 valence electrons. The summed E-state index contributed by atoms with van der Waals surface area (Å²) in [5, 5.41) is 15.3. The van der Waals surface area contributed by atoms with Crippen LogP contribution >= 0.6 is 0 Å². The van der Waals surface area contributed by atoms with E-state index in [0.29, 0.717) is 22.8 Å². The van der Waals surface area contributed by atoms with E-state index < -0.39 is 24.4 Å². The van der Waals surface area contributed by atoms with Crippen LogP contribution in [0.15, 0.2) is 16.8 Å². The van der Waals surface area contributed by atoms with E-state index in [0.717, 1.165) is 50.7 Å². The summed E-state index contributed by atoms with van der Waals surface area (Å²) in [4.78, 5) is 45.0. The number of hydroxylamine groups is 2. The second kappa shape index (κ2) is 8.22. The first-order valence-electron chi connectivity index (χ1n) is 12.4. The Morgan fingerprint density at radius 1 is 1.06 bits per heavy atom. The molecule has 0 aromatic rings. The number of aliphatic hydroxyl groups is 1. The number of hydrogen-bond donors (Lipinski definition) is 1. The maximum atomic E-state index is 11.9. The highest BCUT2D eigenvalue weighted by Gasteiger charge is 2.58. The maximum Gasteiger partial charge on any atom is 0.373 e. The summed E-state index contributed by atoms with van der Waals surface area (Å²) in [6, 6.07) is 0. The van der Waals surface area contributed by atoms with Gasteiger partial charge < -0.3 is 14.8 Å². The summed E-state index contributed by atoms with van der Waals surface area (Å²) < 4.78 is 0. The molecule has 0 spiro atoms. The van der Waals surface area contributed by atoms with Crippen LogP contribution in [-0.2, 0) is 24.1 Å². The summed E-state index contributed by atoms with van der Waals surface area (Å²) in [6.45, 7) is 4.26. The number of nitrogens with zero attached hydrogens (tertiary/aromatic N) is 2. The zero-order valence-corrected chi connectivity index (χ0v) is 19.5. The second-order valence-corrected chi connectivity index (χ2v) is 11.0. The van der Waals surface area contributed by atoms with E-state index in [1.807, 2.05) is 0 Å². The Kier molecular flexibility index (Phi) is 5.62. The van der Waals surface area contributed by atoms with E-state index in [2.05, 4.69) is 25.1 Å². The summed E-state index contributed by atoms with van der Waals surface area (Å²) in [7, 11) is 0. The largest absolute Gasteiger partial charge is 0.393 e. The van der Waals surface area contributed by atoms with Crippen molar-refractivity contribution in [3.63, 3.8) is 0 Å². The van der Waals surface area contributed by atoms with Crippen molar-refractivity contribution < 1.29 is 29.2 Å². The lowest BCUT2D eigenvalue weighted by atomic mass is 9.47. The third-order valence-corrected chi connectivity index (χ3v) is 9.49. The van der Waals surface area contributed by atoms with Crippen LogP contribution < -0.4 is 0 Å². The van der Waals surface area contributed by atoms with Gasteiger partial charge in [-0.05, 0) is 86.0 Å². The molecule has 0 bridgehead atoms. The van der Waals surface area contributed by atoms with Gasteiger partial charge in [-0.1, -0.05) is 24.6 Å². The van der Waals surface area contributed by atoms with Gasteiger partial charge in [-0.15, -0.1) is 5.06 Å². The number of carbonyl (C=O) groups is 3. The van der Waals surface area contributed by atoms with Crippen LogP contribution in [0.1, 0.15) is 78.1 Å². The van der Waals surface area contributed by atoms with Gasteiger partial charge in [0.1, 0.15) is 0 Å². The molecule has 1 heterocycles. The molecule has 1 aliphatic heterocycles. The van der Waals surface area contributed by atoms with E-state index in [1.165, 1.54) is 12.0 Å². The molecule has 3 saturated carbocycles. The Labute approximate surface area is 194 Å². The van der Waals surface area contributed by atoms with Gasteiger partial charge in [0.05, 0.1) is 11.8 Å². The number of oxime groups is 1. The molecule has 6 atom stereocenters. The lowest BCUT2D eigenvalue weighted by Crippen LogP contribution is -2.51. The summed E-state index contributed by atoms with van der Waals surface area (Å²) >= 11 is 0. The first-order chi connectivity index (χ1) is 15.7. The summed E-state index contributed by atoms with van der Waals surface area (Å²) in [6.07, 6.45) is 10.5. The predicted octanol–water partition coefficient (Wildman–Crippen LogP) is 3.29. The van der Waals surface area contributed by atoms with Crippen molar-refractivity contribution in [3.05, 3.63) is 11.6 Å². The highest BCUT2D eigenvalue weighted by atomic mass is 16.7. The van der Waals surface area contributed by atoms with E-state index >= 15 is 0 Å². The molecule has 8 nitrogen and oxygen atoms in total. The number of allylic oxidation sites excluding steroid dienone is 2. The minimum Gasteiger partial charge on any atom is -0.393 e. The van der Waals surface area contributed by atoms with Crippen LogP contribution in [0.3, 0.4) is 0 Å². The quantitative estimate of drug-likeness (QED) is 0.512. The molecule has 8 heteroatoms. The Balaban J connectivity index is 1.22. The minimum atomic E-state index is -0.819. The number of hydrogen-bond acceptors (Lipinski definition) is 7. The van der Waals surface area contributed by atoms with Crippen LogP contribution in [0.25, 0.3) is 0 Å². The topological polar surface area (TPSA) is 106 Å². The Bertz CT molecular complexity index is 912. The third-order valence-electron chi connectivity index (χ3n) is 9.49. The molecule has 1 saturated heterocycles. The van der Waals surface area contributed by atoms with E-state index in [4.69, 9.17) is 9.68 Å². The van der Waals surface area contributed by atoms with Crippen molar-refractivity contribution in [1.82, 2.24) is 5.06 Å². The molecule has 5 aliphatic rings. The van der Waals surface area contributed by atoms with Gasteiger partial charge in [-0.25, -0.2) is 4.79 Å². The van der Waals surface area contributed by atoms with E-state index in [9.17, 15) is 19.5 Å². The highest BCUT2D eigenvalue weighted by Crippen LogP contribution is 2.65. The van der Waals surface area contributed by atoms with Crippen molar-refractivity contribution in [2.45, 2.75) is 84.2 Å². The maximum absolute atomic E-state index is 11.9. The molecule has 4 aliphatic carbocycles. The number of fused-ring (bicyclic) bond motifs is 5. The van der Waals surface area contributed by atoms with Crippen LogP contribution in [-0.4, -0.2) is 46.4 Å². The van der Waals surface area contributed by atoms with Gasteiger partial charge in [0.2, 0.25) is 6.61 Å². The van der Waals surface area contributed by atoms with E-state index in [-0.39, 0.29) is 29.8 Å². The molecule has 5 rings (SSSR count). The molecule has 0 unspecified atom stereocenters.